The fraction of sp³-hybridized carbons (Fsp3) is 0.519. The van der Waals surface area contributed by atoms with Gasteiger partial charge in [0.1, 0.15) is 11.8 Å². The van der Waals surface area contributed by atoms with Crippen molar-refractivity contribution in [1.29, 1.82) is 0 Å². The molecule has 2 aromatic carbocycles. The highest BCUT2D eigenvalue weighted by molar-refractivity contribution is 7.89. The van der Waals surface area contributed by atoms with Crippen LogP contribution in [0.15, 0.2) is 47.4 Å². The summed E-state index contributed by atoms with van der Waals surface area (Å²) in [5, 5.41) is 0. The first kappa shape index (κ1) is 25.1. The van der Waals surface area contributed by atoms with E-state index in [2.05, 4.69) is 0 Å². The Bertz CT molecular complexity index is 1220. The molecule has 1 amide bonds. The number of carbonyl (C=O) groups excluding carboxylic acids is 1. The predicted octanol–water partition coefficient (Wildman–Crippen LogP) is 4.69. The summed E-state index contributed by atoms with van der Waals surface area (Å²) in [6, 6.07) is 11.2. The number of hydrogen-bond donors (Lipinski definition) is 0. The summed E-state index contributed by atoms with van der Waals surface area (Å²) in [5.74, 6) is -2.24. The molecule has 2 aliphatic heterocycles. The molecule has 0 spiro atoms. The van der Waals surface area contributed by atoms with Gasteiger partial charge in [-0.05, 0) is 61.9 Å². The summed E-state index contributed by atoms with van der Waals surface area (Å²) in [7, 11) is -3.87. The van der Waals surface area contributed by atoms with Crippen molar-refractivity contribution >= 4 is 15.9 Å². The Kier molecular flexibility index (Phi) is 6.80. The molecule has 2 heterocycles. The monoisotopic (exact) mass is 518 g/mol. The number of aryl methyl sites for hydroxylation is 1. The summed E-state index contributed by atoms with van der Waals surface area (Å²) in [6.45, 7) is 3.00. The molecule has 3 aliphatic rings. The second-order valence-electron chi connectivity index (χ2n) is 10.2. The lowest BCUT2D eigenvalue weighted by Crippen LogP contribution is -2.52. The number of amides is 1. The topological polar surface area (TPSA) is 66.9 Å². The van der Waals surface area contributed by atoms with E-state index in [4.69, 9.17) is 4.74 Å². The lowest BCUT2D eigenvalue weighted by molar-refractivity contribution is -0.141. The maximum Gasteiger partial charge on any atom is 0.248 e. The van der Waals surface area contributed by atoms with Crippen molar-refractivity contribution < 1.29 is 26.7 Å². The standard InChI is InChI=1S/C27H32F2N2O4S/c1-19-4-8-23(9-5-19)36(33,34)31-15-2-3-24(31)26(32)30(22-10-13-27(28,29)14-11-22)18-20-6-7-21-12-16-35-25(21)17-20/h4-9,17,22,24H,2-3,10-16,18H2,1H3/t24-/m0/s1. The van der Waals surface area contributed by atoms with Crippen LogP contribution >= 0.6 is 0 Å². The molecule has 1 atom stereocenters. The van der Waals surface area contributed by atoms with Gasteiger partial charge in [-0.25, -0.2) is 17.2 Å². The maximum absolute atomic E-state index is 14.0. The zero-order valence-corrected chi connectivity index (χ0v) is 21.3. The van der Waals surface area contributed by atoms with Crippen molar-refractivity contribution in [3.8, 4) is 5.75 Å². The van der Waals surface area contributed by atoms with E-state index < -0.39 is 22.0 Å². The van der Waals surface area contributed by atoms with Gasteiger partial charge in [-0.2, -0.15) is 4.31 Å². The molecule has 9 heteroatoms. The zero-order chi connectivity index (χ0) is 25.5. The van der Waals surface area contributed by atoms with Gasteiger partial charge in [-0.3, -0.25) is 4.79 Å². The third kappa shape index (κ3) is 5.00. The van der Waals surface area contributed by atoms with Gasteiger partial charge in [-0.15, -0.1) is 0 Å². The van der Waals surface area contributed by atoms with Crippen molar-refractivity contribution in [2.24, 2.45) is 0 Å². The van der Waals surface area contributed by atoms with E-state index in [0.29, 0.717) is 19.4 Å². The molecule has 2 aromatic rings. The third-order valence-corrected chi connectivity index (χ3v) is 9.56. The minimum Gasteiger partial charge on any atom is -0.493 e. The lowest BCUT2D eigenvalue weighted by atomic mass is 9.90. The molecule has 0 N–H and O–H groups in total. The first-order chi connectivity index (χ1) is 17.1. The van der Waals surface area contributed by atoms with Gasteiger partial charge in [-0.1, -0.05) is 29.8 Å². The minimum absolute atomic E-state index is 0.160. The van der Waals surface area contributed by atoms with E-state index in [1.165, 1.54) is 4.31 Å². The molecule has 194 valence electrons. The minimum atomic E-state index is -3.87. The van der Waals surface area contributed by atoms with E-state index in [0.717, 1.165) is 28.9 Å². The molecule has 6 nitrogen and oxygen atoms in total. The van der Waals surface area contributed by atoms with Crippen molar-refractivity contribution in [1.82, 2.24) is 9.21 Å². The Morgan fingerprint density at radius 2 is 1.83 bits per heavy atom. The largest absolute Gasteiger partial charge is 0.493 e. The molecular formula is C27H32F2N2O4S. The number of hydrogen-bond acceptors (Lipinski definition) is 4. The second-order valence-corrected chi connectivity index (χ2v) is 12.1. The van der Waals surface area contributed by atoms with Gasteiger partial charge in [0.2, 0.25) is 21.9 Å². The van der Waals surface area contributed by atoms with Crippen LogP contribution in [0.3, 0.4) is 0 Å². The van der Waals surface area contributed by atoms with E-state index >= 15 is 0 Å². The van der Waals surface area contributed by atoms with Crippen LogP contribution in [-0.4, -0.2) is 54.7 Å². The van der Waals surface area contributed by atoms with Gasteiger partial charge in [0, 0.05) is 38.4 Å². The predicted molar refractivity (Wildman–Crippen MR) is 131 cm³/mol. The fourth-order valence-electron chi connectivity index (χ4n) is 5.54. The van der Waals surface area contributed by atoms with E-state index in [1.54, 1.807) is 29.2 Å². The lowest BCUT2D eigenvalue weighted by Gasteiger charge is -2.39. The van der Waals surface area contributed by atoms with Crippen LogP contribution in [0.2, 0.25) is 0 Å². The van der Waals surface area contributed by atoms with Crippen LogP contribution in [-0.2, 0) is 27.8 Å². The number of alkyl halides is 2. The quantitative estimate of drug-likeness (QED) is 0.557. The Labute approximate surface area is 211 Å². The molecule has 0 aromatic heterocycles. The van der Waals surface area contributed by atoms with Crippen LogP contribution in [0, 0.1) is 6.92 Å². The van der Waals surface area contributed by atoms with E-state index in [1.807, 2.05) is 25.1 Å². The van der Waals surface area contributed by atoms with E-state index in [9.17, 15) is 22.0 Å². The Morgan fingerprint density at radius 1 is 1.11 bits per heavy atom. The SMILES string of the molecule is Cc1ccc(S(=O)(=O)N2CCC[C@H]2C(=O)N(Cc2ccc3c(c2)OCC3)C2CCC(F)(F)CC2)cc1. The van der Waals surface area contributed by atoms with Gasteiger partial charge in [0.15, 0.2) is 0 Å². The summed E-state index contributed by atoms with van der Waals surface area (Å²) < 4.78 is 61.8. The van der Waals surface area contributed by atoms with Crippen molar-refractivity contribution in [3.05, 3.63) is 59.2 Å². The maximum atomic E-state index is 14.0. The average molecular weight is 519 g/mol. The van der Waals surface area contributed by atoms with Crippen LogP contribution in [0.4, 0.5) is 8.78 Å². The first-order valence-electron chi connectivity index (χ1n) is 12.7. The van der Waals surface area contributed by atoms with E-state index in [-0.39, 0.29) is 55.6 Å². The Balaban J connectivity index is 1.42. The smallest absolute Gasteiger partial charge is 0.248 e. The first-order valence-corrected chi connectivity index (χ1v) is 14.1. The highest BCUT2D eigenvalue weighted by Gasteiger charge is 2.44. The number of sulfonamides is 1. The van der Waals surface area contributed by atoms with Crippen molar-refractivity contribution in [2.45, 2.75) is 81.3 Å². The number of rotatable bonds is 6. The summed E-state index contributed by atoms with van der Waals surface area (Å²) in [5.41, 5.74) is 2.91. The van der Waals surface area contributed by atoms with Crippen LogP contribution in [0.25, 0.3) is 0 Å². The van der Waals surface area contributed by atoms with Gasteiger partial charge in [0.25, 0.3) is 0 Å². The van der Waals surface area contributed by atoms with Crippen LogP contribution in [0.5, 0.6) is 5.75 Å². The van der Waals surface area contributed by atoms with Crippen molar-refractivity contribution in [2.75, 3.05) is 13.2 Å². The molecular weight excluding hydrogens is 486 g/mol. The summed E-state index contributed by atoms with van der Waals surface area (Å²) >= 11 is 0. The molecule has 1 saturated carbocycles. The zero-order valence-electron chi connectivity index (χ0n) is 20.5. The van der Waals surface area contributed by atoms with Gasteiger partial charge in [0.05, 0.1) is 11.5 Å². The molecule has 2 fully saturated rings. The number of ether oxygens (including phenoxy) is 1. The Hall–Kier alpha value is -2.52. The van der Waals surface area contributed by atoms with Gasteiger partial charge >= 0.3 is 0 Å². The number of halogens is 2. The molecule has 5 rings (SSSR count). The van der Waals surface area contributed by atoms with Crippen LogP contribution < -0.4 is 4.74 Å². The highest BCUT2D eigenvalue weighted by atomic mass is 32.2. The third-order valence-electron chi connectivity index (χ3n) is 7.64. The molecule has 1 saturated heterocycles. The highest BCUT2D eigenvalue weighted by Crippen LogP contribution is 2.37. The Morgan fingerprint density at radius 3 is 2.56 bits per heavy atom. The molecule has 0 unspecified atom stereocenters. The molecule has 1 aliphatic carbocycles. The van der Waals surface area contributed by atoms with Gasteiger partial charge < -0.3 is 9.64 Å². The number of carbonyl (C=O) groups is 1. The molecule has 0 radical (unpaired) electrons. The molecule has 0 bridgehead atoms. The summed E-state index contributed by atoms with van der Waals surface area (Å²) in [6.07, 6.45) is 1.66. The number of nitrogens with zero attached hydrogens (tertiary/aromatic N) is 2. The number of fused-ring (bicyclic) bond motifs is 1. The summed E-state index contributed by atoms with van der Waals surface area (Å²) in [4.78, 5) is 15.8. The molecule has 36 heavy (non-hydrogen) atoms. The second kappa shape index (κ2) is 9.74. The fourth-order valence-corrected chi connectivity index (χ4v) is 7.19. The van der Waals surface area contributed by atoms with Crippen LogP contribution in [0.1, 0.15) is 55.2 Å². The average Bonchev–Trinajstić information content (AvgIpc) is 3.52. The van der Waals surface area contributed by atoms with Crippen molar-refractivity contribution in [3.63, 3.8) is 0 Å². The number of benzene rings is 2. The normalized spacial score (nSPS) is 22.2.